The van der Waals surface area contributed by atoms with Gasteiger partial charge in [0.2, 0.25) is 5.91 Å². The van der Waals surface area contributed by atoms with Crippen molar-refractivity contribution in [3.63, 3.8) is 0 Å². The molecule has 1 fully saturated rings. The molecular formula is C15H29NO4S. The Morgan fingerprint density at radius 3 is 2.24 bits per heavy atom. The molecule has 124 valence electrons. The number of piperidine rings is 1. The van der Waals surface area contributed by atoms with Crippen molar-refractivity contribution in [3.05, 3.63) is 0 Å². The van der Waals surface area contributed by atoms with Crippen molar-refractivity contribution in [3.8, 4) is 0 Å². The van der Waals surface area contributed by atoms with E-state index < -0.39 is 10.1 Å². The molecule has 0 saturated carbocycles. The monoisotopic (exact) mass is 319 g/mol. The maximum Gasteiger partial charge on any atom is 0.264 e. The number of hydrogen-bond donors (Lipinski definition) is 1. The van der Waals surface area contributed by atoms with Gasteiger partial charge in [-0.15, -0.1) is 0 Å². The van der Waals surface area contributed by atoms with Crippen LogP contribution in [0.1, 0.15) is 58.8 Å². The maximum atomic E-state index is 12.6. The predicted molar refractivity (Wildman–Crippen MR) is 83.6 cm³/mol. The number of carbonyl (C=O) groups is 1. The number of nitrogens with zero attached hydrogens (tertiary/aromatic N) is 1. The lowest BCUT2D eigenvalue weighted by Gasteiger charge is -2.30. The topological polar surface area (TPSA) is 74.7 Å². The molecule has 1 unspecified atom stereocenters. The molecular weight excluding hydrogens is 290 g/mol. The van der Waals surface area contributed by atoms with E-state index in [9.17, 15) is 13.2 Å². The van der Waals surface area contributed by atoms with E-state index >= 15 is 0 Å². The summed E-state index contributed by atoms with van der Waals surface area (Å²) < 4.78 is 30.4. The third kappa shape index (κ3) is 7.81. The molecule has 6 heteroatoms. The zero-order valence-electron chi connectivity index (χ0n) is 13.3. The standard InChI is InChI=1S/C15H29NO4S/c1-13(2)8-9-14(7-6-12-21(18,19)20)15(17)16-10-4-3-5-11-16/h13-14H,3-12H2,1-2H3,(H,18,19,20). The van der Waals surface area contributed by atoms with Crippen LogP contribution in [0.15, 0.2) is 0 Å². The average Bonchev–Trinajstić information content (AvgIpc) is 2.41. The SMILES string of the molecule is CC(C)CCC(CCCS(=O)(=O)O)C(=O)N1CCCCC1. The third-order valence-electron chi connectivity index (χ3n) is 4.06. The average molecular weight is 319 g/mol. The number of likely N-dealkylation sites (tertiary alicyclic amines) is 1. The van der Waals surface area contributed by atoms with Gasteiger partial charge in [0.15, 0.2) is 0 Å². The molecule has 0 spiro atoms. The summed E-state index contributed by atoms with van der Waals surface area (Å²) in [4.78, 5) is 14.5. The molecule has 1 amide bonds. The Bertz CT molecular complexity index is 413. The van der Waals surface area contributed by atoms with Crippen molar-refractivity contribution in [2.45, 2.75) is 58.8 Å². The Kier molecular flexibility index (Phi) is 7.66. The Morgan fingerprint density at radius 2 is 1.71 bits per heavy atom. The molecule has 21 heavy (non-hydrogen) atoms. The van der Waals surface area contributed by atoms with Crippen LogP contribution < -0.4 is 0 Å². The summed E-state index contributed by atoms with van der Waals surface area (Å²) in [6.07, 6.45) is 5.97. The number of hydrogen-bond acceptors (Lipinski definition) is 3. The molecule has 0 aromatic rings. The molecule has 0 aromatic heterocycles. The summed E-state index contributed by atoms with van der Waals surface area (Å²) in [5.74, 6) is 0.347. The first kappa shape index (κ1) is 18.4. The van der Waals surface area contributed by atoms with Crippen molar-refractivity contribution in [2.75, 3.05) is 18.8 Å². The van der Waals surface area contributed by atoms with Gasteiger partial charge < -0.3 is 4.90 Å². The number of carbonyl (C=O) groups excluding carboxylic acids is 1. The van der Waals surface area contributed by atoms with Gasteiger partial charge in [-0.2, -0.15) is 8.42 Å². The molecule has 0 bridgehead atoms. The van der Waals surface area contributed by atoms with Crippen molar-refractivity contribution in [2.24, 2.45) is 11.8 Å². The molecule has 1 rings (SSSR count). The van der Waals surface area contributed by atoms with Gasteiger partial charge in [0.1, 0.15) is 0 Å². The van der Waals surface area contributed by atoms with Crippen LogP contribution in [0.3, 0.4) is 0 Å². The van der Waals surface area contributed by atoms with Crippen molar-refractivity contribution in [1.29, 1.82) is 0 Å². The van der Waals surface area contributed by atoms with Gasteiger partial charge in [-0.05, 0) is 44.4 Å². The largest absolute Gasteiger partial charge is 0.342 e. The third-order valence-corrected chi connectivity index (χ3v) is 4.87. The first-order chi connectivity index (χ1) is 9.79. The highest BCUT2D eigenvalue weighted by atomic mass is 32.2. The fourth-order valence-electron chi connectivity index (χ4n) is 2.81. The predicted octanol–water partition coefficient (Wildman–Crippen LogP) is 2.72. The highest BCUT2D eigenvalue weighted by molar-refractivity contribution is 7.85. The zero-order valence-corrected chi connectivity index (χ0v) is 14.1. The van der Waals surface area contributed by atoms with Gasteiger partial charge in [0.25, 0.3) is 10.1 Å². The van der Waals surface area contributed by atoms with Gasteiger partial charge in [0, 0.05) is 19.0 Å². The maximum absolute atomic E-state index is 12.6. The first-order valence-electron chi connectivity index (χ1n) is 8.03. The fraction of sp³-hybridized carbons (Fsp3) is 0.933. The molecule has 0 aliphatic carbocycles. The second kappa shape index (κ2) is 8.73. The van der Waals surface area contributed by atoms with E-state index in [1.807, 2.05) is 4.90 Å². The van der Waals surface area contributed by atoms with Crippen LogP contribution in [-0.2, 0) is 14.9 Å². The van der Waals surface area contributed by atoms with Crippen LogP contribution >= 0.6 is 0 Å². The van der Waals surface area contributed by atoms with Crippen LogP contribution in [0, 0.1) is 11.8 Å². The van der Waals surface area contributed by atoms with Crippen molar-refractivity contribution >= 4 is 16.0 Å². The van der Waals surface area contributed by atoms with Crippen LogP contribution in [0.4, 0.5) is 0 Å². The lowest BCUT2D eigenvalue weighted by molar-refractivity contribution is -0.137. The minimum Gasteiger partial charge on any atom is -0.342 e. The molecule has 1 heterocycles. The smallest absolute Gasteiger partial charge is 0.264 e. The molecule has 1 aliphatic rings. The quantitative estimate of drug-likeness (QED) is 0.698. The zero-order chi connectivity index (χ0) is 15.9. The normalized spacial score (nSPS) is 18.0. The van der Waals surface area contributed by atoms with Crippen LogP contribution in [0.5, 0.6) is 0 Å². The Hall–Kier alpha value is -0.620. The molecule has 1 N–H and O–H groups in total. The summed E-state index contributed by atoms with van der Waals surface area (Å²) in [5, 5.41) is 0. The number of amides is 1. The van der Waals surface area contributed by atoms with Gasteiger partial charge >= 0.3 is 0 Å². The van der Waals surface area contributed by atoms with E-state index in [2.05, 4.69) is 13.8 Å². The van der Waals surface area contributed by atoms with Gasteiger partial charge in [0.05, 0.1) is 5.75 Å². The summed E-state index contributed by atoms with van der Waals surface area (Å²) in [7, 11) is -3.93. The van der Waals surface area contributed by atoms with E-state index in [4.69, 9.17) is 4.55 Å². The van der Waals surface area contributed by atoms with Crippen LogP contribution in [0.2, 0.25) is 0 Å². The van der Waals surface area contributed by atoms with Gasteiger partial charge in [-0.3, -0.25) is 9.35 Å². The van der Waals surface area contributed by atoms with Gasteiger partial charge in [-0.25, -0.2) is 0 Å². The number of rotatable bonds is 8. The summed E-state index contributed by atoms with van der Waals surface area (Å²) in [6.45, 7) is 5.91. The highest BCUT2D eigenvalue weighted by Crippen LogP contribution is 2.22. The van der Waals surface area contributed by atoms with E-state index in [1.165, 1.54) is 6.42 Å². The van der Waals surface area contributed by atoms with Crippen LogP contribution in [-0.4, -0.2) is 42.6 Å². The fourth-order valence-corrected chi connectivity index (χ4v) is 3.34. The second-order valence-corrected chi connectivity index (χ2v) is 8.05. The first-order valence-corrected chi connectivity index (χ1v) is 9.64. The minimum atomic E-state index is -3.93. The molecule has 0 aromatic carbocycles. The molecule has 5 nitrogen and oxygen atoms in total. The molecule has 1 saturated heterocycles. The Balaban J connectivity index is 2.55. The molecule has 0 radical (unpaired) electrons. The summed E-state index contributed by atoms with van der Waals surface area (Å²) in [6, 6.07) is 0. The van der Waals surface area contributed by atoms with Gasteiger partial charge in [-0.1, -0.05) is 20.3 Å². The van der Waals surface area contributed by atoms with Crippen molar-refractivity contribution < 1.29 is 17.8 Å². The van der Waals surface area contributed by atoms with Crippen molar-refractivity contribution in [1.82, 2.24) is 4.90 Å². The lowest BCUT2D eigenvalue weighted by Crippen LogP contribution is -2.40. The van der Waals surface area contributed by atoms with E-state index in [-0.39, 0.29) is 17.6 Å². The van der Waals surface area contributed by atoms with E-state index in [0.29, 0.717) is 18.8 Å². The summed E-state index contributed by atoms with van der Waals surface area (Å²) in [5.41, 5.74) is 0. The van der Waals surface area contributed by atoms with E-state index in [1.54, 1.807) is 0 Å². The molecule has 1 atom stereocenters. The van der Waals surface area contributed by atoms with Crippen LogP contribution in [0.25, 0.3) is 0 Å². The Morgan fingerprint density at radius 1 is 1.10 bits per heavy atom. The Labute approximate surface area is 128 Å². The molecule has 1 aliphatic heterocycles. The minimum absolute atomic E-state index is 0.104. The highest BCUT2D eigenvalue weighted by Gasteiger charge is 2.25. The second-order valence-electron chi connectivity index (χ2n) is 6.48. The lowest BCUT2D eigenvalue weighted by atomic mass is 9.92. The van der Waals surface area contributed by atoms with E-state index in [0.717, 1.165) is 38.8 Å². The summed E-state index contributed by atoms with van der Waals surface area (Å²) >= 11 is 0.